The highest BCUT2D eigenvalue weighted by molar-refractivity contribution is 6.28. The van der Waals surface area contributed by atoms with Gasteiger partial charge in [-0.25, -0.2) is 0 Å². The van der Waals surface area contributed by atoms with Gasteiger partial charge in [0.05, 0.1) is 16.6 Å². The summed E-state index contributed by atoms with van der Waals surface area (Å²) in [5, 5.41) is 8.68. The normalized spacial score (nSPS) is 16.7. The van der Waals surface area contributed by atoms with E-state index in [1.165, 1.54) is 12.8 Å². The summed E-state index contributed by atoms with van der Waals surface area (Å²) in [6.07, 6.45) is 2.35. The van der Waals surface area contributed by atoms with Crippen LogP contribution in [-0.4, -0.2) is 30.6 Å². The Labute approximate surface area is 158 Å². The van der Waals surface area contributed by atoms with E-state index < -0.39 is 0 Å². The average molecular weight is 361 g/mol. The number of carbonyl (C=O) groups is 1. The Morgan fingerprint density at radius 2 is 1.96 bits per heavy atom. The highest BCUT2D eigenvalue weighted by Crippen LogP contribution is 2.46. The van der Waals surface area contributed by atoms with Crippen LogP contribution in [0.3, 0.4) is 0 Å². The number of hydrogen-bond donors (Lipinski definition) is 1. The molecule has 0 spiro atoms. The van der Waals surface area contributed by atoms with E-state index in [9.17, 15) is 4.79 Å². The molecule has 0 bridgehead atoms. The van der Waals surface area contributed by atoms with Gasteiger partial charge in [0.25, 0.3) is 0 Å². The van der Waals surface area contributed by atoms with Crippen molar-refractivity contribution >= 4 is 28.1 Å². The van der Waals surface area contributed by atoms with Crippen LogP contribution in [0.1, 0.15) is 42.6 Å². The largest absolute Gasteiger partial charge is 0.385 e. The van der Waals surface area contributed by atoms with Crippen LogP contribution in [-0.2, 0) is 0 Å². The Balaban J connectivity index is 1.77. The third-order valence-corrected chi connectivity index (χ3v) is 5.87. The maximum atomic E-state index is 13.3. The zero-order valence-electron chi connectivity index (χ0n) is 15.7. The molecule has 5 heteroatoms. The SMILES string of the molecule is CCNc1cc(N2CCC(C)CC2)c2noc3c2c1C(=O)c1ccccc1-3. The highest BCUT2D eigenvalue weighted by atomic mass is 16.5. The number of fused-ring (bicyclic) bond motifs is 2. The van der Waals surface area contributed by atoms with Crippen LogP contribution in [0.2, 0.25) is 0 Å². The maximum absolute atomic E-state index is 13.3. The van der Waals surface area contributed by atoms with E-state index in [0.717, 1.165) is 53.4 Å². The molecule has 0 amide bonds. The molecule has 0 unspecified atom stereocenters. The zero-order chi connectivity index (χ0) is 18.5. The molecule has 3 aromatic rings. The predicted molar refractivity (Wildman–Crippen MR) is 108 cm³/mol. The molecule has 1 aliphatic carbocycles. The first kappa shape index (κ1) is 16.4. The van der Waals surface area contributed by atoms with E-state index >= 15 is 0 Å². The number of nitrogens with zero attached hydrogens (tertiary/aromatic N) is 2. The molecule has 5 rings (SSSR count). The summed E-state index contributed by atoms with van der Waals surface area (Å²) in [4.78, 5) is 15.7. The van der Waals surface area contributed by atoms with Crippen molar-refractivity contribution in [3.8, 4) is 11.3 Å². The van der Waals surface area contributed by atoms with Gasteiger partial charge in [-0.05, 0) is 31.7 Å². The van der Waals surface area contributed by atoms with Crippen LogP contribution in [0, 0.1) is 5.92 Å². The molecule has 2 aromatic carbocycles. The lowest BCUT2D eigenvalue weighted by molar-refractivity contribution is 0.104. The second kappa shape index (κ2) is 6.12. The molecule has 2 heterocycles. The monoisotopic (exact) mass is 361 g/mol. The Kier molecular flexibility index (Phi) is 3.71. The molecule has 138 valence electrons. The number of nitrogens with one attached hydrogen (secondary N) is 1. The van der Waals surface area contributed by atoms with Gasteiger partial charge in [0.2, 0.25) is 0 Å². The molecule has 0 radical (unpaired) electrons. The minimum Gasteiger partial charge on any atom is -0.385 e. The van der Waals surface area contributed by atoms with Crippen LogP contribution in [0.25, 0.3) is 22.2 Å². The van der Waals surface area contributed by atoms with Crippen molar-refractivity contribution in [3.63, 3.8) is 0 Å². The summed E-state index contributed by atoms with van der Waals surface area (Å²) in [6, 6.07) is 9.73. The summed E-state index contributed by atoms with van der Waals surface area (Å²) < 4.78 is 5.80. The topological polar surface area (TPSA) is 58.4 Å². The summed E-state index contributed by atoms with van der Waals surface area (Å²) in [5.74, 6) is 1.51. The molecule has 1 aliphatic heterocycles. The maximum Gasteiger partial charge on any atom is 0.196 e. The van der Waals surface area contributed by atoms with Gasteiger partial charge in [0.15, 0.2) is 11.5 Å². The minimum absolute atomic E-state index is 0.0427. The standard InChI is InChI=1S/C22H23N3O2/c1-3-23-16-12-17(25-10-8-13(2)9-11-25)20-19-18(16)21(26)14-6-4-5-7-15(14)22(19)27-24-20/h4-7,12-13,23H,3,8-11H2,1-2H3. The fraction of sp³-hybridized carbons (Fsp3) is 0.364. The van der Waals surface area contributed by atoms with Crippen LogP contribution < -0.4 is 10.2 Å². The summed E-state index contributed by atoms with van der Waals surface area (Å²) in [7, 11) is 0. The predicted octanol–water partition coefficient (Wildman–Crippen LogP) is 4.71. The van der Waals surface area contributed by atoms with Crippen LogP contribution in [0.4, 0.5) is 11.4 Å². The number of carbonyl (C=O) groups excluding carboxylic acids is 1. The number of benzene rings is 2. The fourth-order valence-corrected chi connectivity index (χ4v) is 4.36. The van der Waals surface area contributed by atoms with Crippen molar-refractivity contribution < 1.29 is 9.32 Å². The molecular formula is C22H23N3O2. The van der Waals surface area contributed by atoms with Gasteiger partial charge < -0.3 is 14.7 Å². The Hall–Kier alpha value is -2.82. The molecule has 1 saturated heterocycles. The van der Waals surface area contributed by atoms with Crippen molar-refractivity contribution in [2.45, 2.75) is 26.7 Å². The number of hydrogen-bond acceptors (Lipinski definition) is 5. The Bertz CT molecular complexity index is 1050. The number of rotatable bonds is 3. The zero-order valence-corrected chi connectivity index (χ0v) is 15.7. The number of ketones is 1. The van der Waals surface area contributed by atoms with E-state index in [1.807, 2.05) is 24.3 Å². The minimum atomic E-state index is 0.0427. The van der Waals surface area contributed by atoms with Crippen molar-refractivity contribution in [3.05, 3.63) is 41.5 Å². The van der Waals surface area contributed by atoms with Crippen LogP contribution >= 0.6 is 0 Å². The lowest BCUT2D eigenvalue weighted by atomic mass is 9.86. The van der Waals surface area contributed by atoms with Gasteiger partial charge in [-0.1, -0.05) is 36.3 Å². The van der Waals surface area contributed by atoms with Crippen molar-refractivity contribution in [2.24, 2.45) is 5.92 Å². The molecule has 1 aromatic heterocycles. The van der Waals surface area contributed by atoms with Crippen LogP contribution in [0.15, 0.2) is 34.9 Å². The van der Waals surface area contributed by atoms with E-state index in [0.29, 0.717) is 16.9 Å². The smallest absolute Gasteiger partial charge is 0.196 e. The first-order valence-electron chi connectivity index (χ1n) is 9.78. The molecule has 0 saturated carbocycles. The molecule has 2 aliphatic rings. The second-order valence-corrected chi connectivity index (χ2v) is 7.63. The lowest BCUT2D eigenvalue weighted by Gasteiger charge is -2.33. The molecule has 27 heavy (non-hydrogen) atoms. The van der Waals surface area contributed by atoms with Gasteiger partial charge in [-0.3, -0.25) is 4.79 Å². The third-order valence-electron chi connectivity index (χ3n) is 5.87. The van der Waals surface area contributed by atoms with Gasteiger partial charge in [-0.15, -0.1) is 0 Å². The Morgan fingerprint density at radius 1 is 1.22 bits per heavy atom. The quantitative estimate of drug-likeness (QED) is 0.573. The van der Waals surface area contributed by atoms with Gasteiger partial charge in [0, 0.05) is 36.4 Å². The molecule has 1 N–H and O–H groups in total. The first-order valence-corrected chi connectivity index (χ1v) is 9.78. The highest BCUT2D eigenvalue weighted by Gasteiger charge is 2.33. The molecule has 0 atom stereocenters. The van der Waals surface area contributed by atoms with Gasteiger partial charge in [-0.2, -0.15) is 0 Å². The van der Waals surface area contributed by atoms with Crippen LogP contribution in [0.5, 0.6) is 0 Å². The van der Waals surface area contributed by atoms with E-state index in [-0.39, 0.29) is 5.78 Å². The summed E-state index contributed by atoms with van der Waals surface area (Å²) in [5.41, 5.74) is 4.96. The van der Waals surface area contributed by atoms with Gasteiger partial charge >= 0.3 is 0 Å². The summed E-state index contributed by atoms with van der Waals surface area (Å²) in [6.45, 7) is 7.13. The summed E-state index contributed by atoms with van der Waals surface area (Å²) >= 11 is 0. The fourth-order valence-electron chi connectivity index (χ4n) is 4.36. The number of anilines is 2. The third kappa shape index (κ3) is 2.37. The second-order valence-electron chi connectivity index (χ2n) is 7.63. The van der Waals surface area contributed by atoms with Crippen molar-refractivity contribution in [1.29, 1.82) is 0 Å². The molecule has 1 fully saturated rings. The van der Waals surface area contributed by atoms with Gasteiger partial charge in [0.1, 0.15) is 5.52 Å². The van der Waals surface area contributed by atoms with E-state index in [1.54, 1.807) is 0 Å². The van der Waals surface area contributed by atoms with Crippen molar-refractivity contribution in [1.82, 2.24) is 5.16 Å². The number of piperidine rings is 1. The van der Waals surface area contributed by atoms with E-state index in [4.69, 9.17) is 4.52 Å². The average Bonchev–Trinajstić information content (AvgIpc) is 3.13. The first-order chi connectivity index (χ1) is 13.2. The molecular weight excluding hydrogens is 338 g/mol. The molecule has 5 nitrogen and oxygen atoms in total. The number of aromatic nitrogens is 1. The van der Waals surface area contributed by atoms with E-state index in [2.05, 4.69) is 35.3 Å². The lowest BCUT2D eigenvalue weighted by Crippen LogP contribution is -2.33. The Morgan fingerprint density at radius 3 is 2.70 bits per heavy atom. The van der Waals surface area contributed by atoms with Crippen molar-refractivity contribution in [2.75, 3.05) is 29.9 Å².